The second kappa shape index (κ2) is 4.52. The second-order valence-electron chi connectivity index (χ2n) is 5.00. The lowest BCUT2D eigenvalue weighted by molar-refractivity contribution is 0.0647. The average Bonchev–Trinajstić information content (AvgIpc) is 2.44. The van der Waals surface area contributed by atoms with Crippen LogP contribution in [0, 0.1) is 6.92 Å². The lowest BCUT2D eigenvalue weighted by Crippen LogP contribution is -2.45. The molecule has 0 aliphatic carbocycles. The second-order valence-corrected chi connectivity index (χ2v) is 5.00. The predicted octanol–water partition coefficient (Wildman–Crippen LogP) is 2.61. The molecule has 0 aromatic heterocycles. The molecule has 3 heteroatoms. The number of amides is 1. The van der Waals surface area contributed by atoms with E-state index in [9.17, 15) is 4.79 Å². The Bertz CT molecular complexity index is 619. The van der Waals surface area contributed by atoms with Crippen LogP contribution in [0.4, 0.5) is 0 Å². The highest BCUT2D eigenvalue weighted by Gasteiger charge is 2.30. The summed E-state index contributed by atoms with van der Waals surface area (Å²) in [5.74, 6) is 5.89. The van der Waals surface area contributed by atoms with Crippen molar-refractivity contribution in [2.45, 2.75) is 19.4 Å². The molecule has 0 saturated heterocycles. The van der Waals surface area contributed by atoms with Crippen LogP contribution in [0.25, 0.3) is 0 Å². The number of aryl methyl sites for hydroxylation is 1. The first kappa shape index (κ1) is 11.9. The first-order chi connectivity index (χ1) is 9.16. The molecule has 3 nitrogen and oxygen atoms in total. The zero-order valence-electron chi connectivity index (χ0n) is 10.8. The Kier molecular flexibility index (Phi) is 2.84. The minimum Gasteiger partial charge on any atom is -0.269 e. The normalized spacial score (nSPS) is 18.3. The molecule has 1 heterocycles. The molecule has 96 valence electrons. The van der Waals surface area contributed by atoms with Crippen molar-refractivity contribution in [2.24, 2.45) is 5.84 Å². The van der Waals surface area contributed by atoms with Gasteiger partial charge in [-0.05, 0) is 30.5 Å². The van der Waals surface area contributed by atoms with Gasteiger partial charge in [-0.1, -0.05) is 48.0 Å². The molecule has 1 atom stereocenters. The summed E-state index contributed by atoms with van der Waals surface area (Å²) in [7, 11) is 0. The van der Waals surface area contributed by atoms with Crippen molar-refractivity contribution in [3.63, 3.8) is 0 Å². The highest BCUT2D eigenvalue weighted by molar-refractivity contribution is 5.96. The molecule has 0 radical (unpaired) electrons. The van der Waals surface area contributed by atoms with E-state index in [1.54, 1.807) is 0 Å². The topological polar surface area (TPSA) is 46.3 Å². The quantitative estimate of drug-likeness (QED) is 0.626. The lowest BCUT2D eigenvalue weighted by atomic mass is 9.90. The fourth-order valence-electron chi connectivity index (χ4n) is 2.56. The van der Waals surface area contributed by atoms with Crippen molar-refractivity contribution in [2.75, 3.05) is 0 Å². The van der Waals surface area contributed by atoms with Gasteiger partial charge in [0, 0.05) is 5.56 Å². The van der Waals surface area contributed by atoms with E-state index in [4.69, 9.17) is 5.84 Å². The number of hydrogen-bond acceptors (Lipinski definition) is 2. The van der Waals surface area contributed by atoms with Crippen LogP contribution in [0.5, 0.6) is 0 Å². The fraction of sp³-hybridized carbons (Fsp3) is 0.188. The van der Waals surface area contributed by atoms with Crippen LogP contribution in [-0.2, 0) is 6.42 Å². The number of benzene rings is 2. The molecule has 2 aromatic carbocycles. The Hall–Kier alpha value is -2.13. The molecule has 19 heavy (non-hydrogen) atoms. The third-order valence-electron chi connectivity index (χ3n) is 3.69. The molecule has 3 rings (SSSR count). The Morgan fingerprint density at radius 2 is 1.79 bits per heavy atom. The molecular formula is C16H16N2O. The zero-order valence-corrected chi connectivity index (χ0v) is 10.8. The van der Waals surface area contributed by atoms with Gasteiger partial charge >= 0.3 is 0 Å². The van der Waals surface area contributed by atoms with Gasteiger partial charge in [-0.3, -0.25) is 9.80 Å². The van der Waals surface area contributed by atoms with Gasteiger partial charge in [-0.15, -0.1) is 0 Å². The number of nitrogens with two attached hydrogens (primary N) is 1. The Balaban J connectivity index is 2.01. The minimum absolute atomic E-state index is 0.0806. The van der Waals surface area contributed by atoms with Crippen LogP contribution in [0.15, 0.2) is 48.5 Å². The van der Waals surface area contributed by atoms with E-state index in [-0.39, 0.29) is 11.9 Å². The van der Waals surface area contributed by atoms with Gasteiger partial charge in [0.1, 0.15) is 0 Å². The van der Waals surface area contributed by atoms with Gasteiger partial charge in [0.15, 0.2) is 0 Å². The van der Waals surface area contributed by atoms with Gasteiger partial charge < -0.3 is 0 Å². The summed E-state index contributed by atoms with van der Waals surface area (Å²) in [6.07, 6.45) is 0.765. The number of nitrogens with zero attached hydrogens (tertiary/aromatic N) is 1. The van der Waals surface area contributed by atoms with Gasteiger partial charge in [-0.25, -0.2) is 5.84 Å². The maximum atomic E-state index is 12.3. The Morgan fingerprint density at radius 3 is 2.53 bits per heavy atom. The molecule has 2 N–H and O–H groups in total. The zero-order chi connectivity index (χ0) is 13.4. The molecule has 0 spiro atoms. The maximum Gasteiger partial charge on any atom is 0.268 e. The summed E-state index contributed by atoms with van der Waals surface area (Å²) in [5, 5.41) is 1.35. The molecular weight excluding hydrogens is 236 g/mol. The van der Waals surface area contributed by atoms with Crippen LogP contribution < -0.4 is 5.84 Å². The van der Waals surface area contributed by atoms with E-state index in [0.717, 1.165) is 17.5 Å². The fourth-order valence-corrected chi connectivity index (χ4v) is 2.56. The van der Waals surface area contributed by atoms with Crippen molar-refractivity contribution in [1.82, 2.24) is 5.01 Å². The summed E-state index contributed by atoms with van der Waals surface area (Å²) in [4.78, 5) is 12.3. The molecule has 0 bridgehead atoms. The third-order valence-corrected chi connectivity index (χ3v) is 3.69. The predicted molar refractivity (Wildman–Crippen MR) is 74.4 cm³/mol. The number of hydrogen-bond donors (Lipinski definition) is 1. The summed E-state index contributed by atoms with van der Waals surface area (Å²) in [6, 6.07) is 15.8. The summed E-state index contributed by atoms with van der Waals surface area (Å²) in [6.45, 7) is 2.05. The van der Waals surface area contributed by atoms with E-state index in [2.05, 4.69) is 0 Å². The largest absolute Gasteiger partial charge is 0.269 e. The molecule has 1 aliphatic rings. The third kappa shape index (κ3) is 2.02. The van der Waals surface area contributed by atoms with E-state index in [1.165, 1.54) is 10.6 Å². The molecule has 0 saturated carbocycles. The molecule has 2 aromatic rings. The van der Waals surface area contributed by atoms with Crippen LogP contribution >= 0.6 is 0 Å². The van der Waals surface area contributed by atoms with E-state index < -0.39 is 0 Å². The van der Waals surface area contributed by atoms with Crippen LogP contribution in [0.1, 0.15) is 33.1 Å². The van der Waals surface area contributed by atoms with Gasteiger partial charge in [0.2, 0.25) is 0 Å². The van der Waals surface area contributed by atoms with Crippen LogP contribution in [-0.4, -0.2) is 10.9 Å². The molecule has 1 aliphatic heterocycles. The molecule has 0 fully saturated rings. The van der Waals surface area contributed by atoms with Gasteiger partial charge in [-0.2, -0.15) is 0 Å². The van der Waals surface area contributed by atoms with Crippen molar-refractivity contribution in [3.8, 4) is 0 Å². The van der Waals surface area contributed by atoms with Crippen molar-refractivity contribution < 1.29 is 4.79 Å². The number of rotatable bonds is 1. The lowest BCUT2D eigenvalue weighted by Gasteiger charge is -2.33. The maximum absolute atomic E-state index is 12.3. The first-order valence-corrected chi connectivity index (χ1v) is 6.39. The Labute approximate surface area is 112 Å². The molecule has 1 unspecified atom stereocenters. The van der Waals surface area contributed by atoms with E-state index in [0.29, 0.717) is 5.56 Å². The van der Waals surface area contributed by atoms with Gasteiger partial charge in [0.05, 0.1) is 6.04 Å². The standard InChI is InChI=1S/C16H16N2O/c1-11-6-8-12(9-7-11)15-10-13-4-2-3-5-14(13)16(19)18(15)17/h2-9,15H,10,17H2,1H3. The van der Waals surface area contributed by atoms with Crippen LogP contribution in [0.3, 0.4) is 0 Å². The SMILES string of the molecule is Cc1ccc(C2Cc3ccccc3C(=O)N2N)cc1. The number of carbonyl (C=O) groups is 1. The van der Waals surface area contributed by atoms with E-state index >= 15 is 0 Å². The highest BCUT2D eigenvalue weighted by atomic mass is 16.2. The summed E-state index contributed by atoms with van der Waals surface area (Å²) < 4.78 is 0. The summed E-state index contributed by atoms with van der Waals surface area (Å²) in [5.41, 5.74) is 4.07. The van der Waals surface area contributed by atoms with Crippen molar-refractivity contribution in [3.05, 3.63) is 70.8 Å². The number of hydrazine groups is 1. The van der Waals surface area contributed by atoms with Crippen molar-refractivity contribution in [1.29, 1.82) is 0 Å². The minimum atomic E-state index is -0.104. The Morgan fingerprint density at radius 1 is 1.11 bits per heavy atom. The number of fused-ring (bicyclic) bond motifs is 1. The van der Waals surface area contributed by atoms with Gasteiger partial charge in [0.25, 0.3) is 5.91 Å². The first-order valence-electron chi connectivity index (χ1n) is 6.39. The van der Waals surface area contributed by atoms with Crippen LogP contribution in [0.2, 0.25) is 0 Å². The number of carbonyl (C=O) groups excluding carboxylic acids is 1. The molecule has 1 amide bonds. The van der Waals surface area contributed by atoms with Crippen molar-refractivity contribution >= 4 is 5.91 Å². The summed E-state index contributed by atoms with van der Waals surface area (Å²) >= 11 is 0. The highest BCUT2D eigenvalue weighted by Crippen LogP contribution is 2.30. The smallest absolute Gasteiger partial charge is 0.268 e. The van der Waals surface area contributed by atoms with E-state index in [1.807, 2.05) is 55.5 Å². The average molecular weight is 252 g/mol. The monoisotopic (exact) mass is 252 g/mol.